The van der Waals surface area contributed by atoms with Crippen LogP contribution in [-0.2, 0) is 4.74 Å². The normalized spacial score (nSPS) is 11.2. The van der Waals surface area contributed by atoms with E-state index in [2.05, 4.69) is 19.1 Å². The number of hydrogen-bond donors (Lipinski definition) is 0. The fourth-order valence-corrected chi connectivity index (χ4v) is 4.15. The molecular formula is C21H27O3P. The summed E-state index contributed by atoms with van der Waals surface area (Å²) in [5.41, 5.74) is 5.46. The number of aryl methyl sites for hydroxylation is 4. The highest BCUT2D eigenvalue weighted by Crippen LogP contribution is 2.27. The third-order valence-corrected chi connectivity index (χ3v) is 5.36. The third-order valence-electron chi connectivity index (χ3n) is 4.05. The topological polar surface area (TPSA) is 35.5 Å². The van der Waals surface area contributed by atoms with E-state index in [1.54, 1.807) is 0 Å². The van der Waals surface area contributed by atoms with Gasteiger partial charge in [0.15, 0.2) is 5.52 Å². The summed E-state index contributed by atoms with van der Waals surface area (Å²) in [5, 5.41) is 1.07. The van der Waals surface area contributed by atoms with Crippen molar-refractivity contribution < 1.29 is 14.3 Å². The zero-order valence-corrected chi connectivity index (χ0v) is 16.7. The number of benzene rings is 2. The van der Waals surface area contributed by atoms with Crippen LogP contribution in [0, 0.1) is 27.7 Å². The van der Waals surface area contributed by atoms with Gasteiger partial charge in [-0.25, -0.2) is 0 Å². The Morgan fingerprint density at radius 2 is 1.64 bits per heavy atom. The number of rotatable bonds is 8. The largest absolute Gasteiger partial charge is 0.491 e. The van der Waals surface area contributed by atoms with Crippen molar-refractivity contribution in [3.63, 3.8) is 0 Å². The molecule has 0 bridgehead atoms. The van der Waals surface area contributed by atoms with E-state index in [9.17, 15) is 4.79 Å². The Kier molecular flexibility index (Phi) is 7.16. The van der Waals surface area contributed by atoms with Gasteiger partial charge in [-0.2, -0.15) is 0 Å². The van der Waals surface area contributed by atoms with Gasteiger partial charge >= 0.3 is 0 Å². The molecular weight excluding hydrogens is 331 g/mol. The number of hydrogen-bond acceptors (Lipinski definition) is 3. The second-order valence-electron chi connectivity index (χ2n) is 6.25. The van der Waals surface area contributed by atoms with Crippen LogP contribution in [0.5, 0.6) is 5.75 Å². The molecule has 2 aromatic rings. The lowest BCUT2D eigenvalue weighted by Crippen LogP contribution is -2.09. The highest BCUT2D eigenvalue weighted by atomic mass is 31.1. The second kappa shape index (κ2) is 9.12. The standard InChI is InChI=1S/C21H27O3P/c1-6-23-9-10-24-18-7-8-19(15(3)13-18)25-21(22)20-16(4)11-14(2)12-17(20)5/h7-8,11-13,25H,6,9-10H2,1-5H3. The van der Waals surface area contributed by atoms with E-state index < -0.39 is 0 Å². The minimum Gasteiger partial charge on any atom is -0.491 e. The monoisotopic (exact) mass is 358 g/mol. The third kappa shape index (κ3) is 5.39. The van der Waals surface area contributed by atoms with Crippen molar-refractivity contribution >= 4 is 19.4 Å². The van der Waals surface area contributed by atoms with Crippen molar-refractivity contribution in [3.05, 3.63) is 58.1 Å². The van der Waals surface area contributed by atoms with Gasteiger partial charge in [0.2, 0.25) is 0 Å². The molecule has 0 aromatic heterocycles. The Labute approximate surface area is 152 Å². The van der Waals surface area contributed by atoms with Crippen LogP contribution in [-0.4, -0.2) is 25.3 Å². The maximum absolute atomic E-state index is 12.8. The predicted molar refractivity (Wildman–Crippen MR) is 106 cm³/mol. The second-order valence-corrected chi connectivity index (χ2v) is 7.49. The Morgan fingerprint density at radius 3 is 2.24 bits per heavy atom. The molecule has 0 spiro atoms. The summed E-state index contributed by atoms with van der Waals surface area (Å²) in [6.45, 7) is 11.9. The van der Waals surface area contributed by atoms with E-state index in [4.69, 9.17) is 9.47 Å². The molecule has 0 fully saturated rings. The number of ether oxygens (including phenoxy) is 2. The van der Waals surface area contributed by atoms with Crippen molar-refractivity contribution in [2.24, 2.45) is 0 Å². The minimum atomic E-state index is 0.124. The first-order valence-corrected chi connectivity index (χ1v) is 9.62. The Bertz CT molecular complexity index is 730. The quantitative estimate of drug-likeness (QED) is 0.516. The first kappa shape index (κ1) is 19.6. The summed E-state index contributed by atoms with van der Waals surface area (Å²) in [7, 11) is 0.124. The van der Waals surface area contributed by atoms with E-state index >= 15 is 0 Å². The number of carbonyl (C=O) groups is 1. The summed E-state index contributed by atoms with van der Waals surface area (Å²) < 4.78 is 11.0. The highest BCUT2D eigenvalue weighted by molar-refractivity contribution is 7.66. The molecule has 0 N–H and O–H groups in total. The molecule has 134 valence electrons. The fraction of sp³-hybridized carbons (Fsp3) is 0.381. The Hall–Kier alpha value is -1.70. The van der Waals surface area contributed by atoms with Gasteiger partial charge < -0.3 is 9.47 Å². The van der Waals surface area contributed by atoms with Crippen LogP contribution in [0.25, 0.3) is 0 Å². The van der Waals surface area contributed by atoms with Gasteiger partial charge in [0.1, 0.15) is 12.4 Å². The summed E-state index contributed by atoms with van der Waals surface area (Å²) in [6, 6.07) is 10.1. The smallest absolute Gasteiger partial charge is 0.186 e. The van der Waals surface area contributed by atoms with Crippen LogP contribution in [0.2, 0.25) is 0 Å². The molecule has 0 aliphatic carbocycles. The maximum atomic E-state index is 12.8. The Morgan fingerprint density at radius 1 is 0.960 bits per heavy atom. The average Bonchev–Trinajstić information content (AvgIpc) is 2.53. The Balaban J connectivity index is 2.09. The average molecular weight is 358 g/mol. The molecule has 2 aromatic carbocycles. The van der Waals surface area contributed by atoms with Gasteiger partial charge in [-0.3, -0.25) is 4.79 Å². The molecule has 0 heterocycles. The highest BCUT2D eigenvalue weighted by Gasteiger charge is 2.15. The van der Waals surface area contributed by atoms with Crippen LogP contribution in [0.15, 0.2) is 30.3 Å². The molecule has 0 saturated carbocycles. The molecule has 2 rings (SSSR count). The molecule has 25 heavy (non-hydrogen) atoms. The van der Waals surface area contributed by atoms with Crippen LogP contribution >= 0.6 is 8.58 Å². The van der Waals surface area contributed by atoms with Crippen molar-refractivity contribution in [3.8, 4) is 5.75 Å². The molecule has 0 amide bonds. The lowest BCUT2D eigenvalue weighted by atomic mass is 10.0. The van der Waals surface area contributed by atoms with Crippen molar-refractivity contribution in [1.29, 1.82) is 0 Å². The van der Waals surface area contributed by atoms with E-state index in [1.165, 1.54) is 5.56 Å². The molecule has 1 atom stereocenters. The van der Waals surface area contributed by atoms with E-state index in [0.29, 0.717) is 19.8 Å². The van der Waals surface area contributed by atoms with Gasteiger partial charge in [-0.15, -0.1) is 0 Å². The molecule has 4 heteroatoms. The van der Waals surface area contributed by atoms with Crippen LogP contribution in [0.1, 0.15) is 39.5 Å². The van der Waals surface area contributed by atoms with E-state index in [0.717, 1.165) is 33.3 Å². The lowest BCUT2D eigenvalue weighted by Gasteiger charge is -2.13. The first-order chi connectivity index (χ1) is 11.9. The minimum absolute atomic E-state index is 0.124. The summed E-state index contributed by atoms with van der Waals surface area (Å²) in [4.78, 5) is 12.8. The maximum Gasteiger partial charge on any atom is 0.186 e. The molecule has 3 nitrogen and oxygen atoms in total. The van der Waals surface area contributed by atoms with Gasteiger partial charge in [-0.05, 0) is 77.3 Å². The molecule has 0 saturated heterocycles. The summed E-state index contributed by atoms with van der Waals surface area (Å²) >= 11 is 0. The van der Waals surface area contributed by atoms with Crippen LogP contribution in [0.3, 0.4) is 0 Å². The zero-order chi connectivity index (χ0) is 18.4. The van der Waals surface area contributed by atoms with Gasteiger partial charge in [0.25, 0.3) is 0 Å². The van der Waals surface area contributed by atoms with Crippen LogP contribution < -0.4 is 10.0 Å². The van der Waals surface area contributed by atoms with Crippen molar-refractivity contribution in [2.45, 2.75) is 34.6 Å². The predicted octanol–water partition coefficient (Wildman–Crippen LogP) is 4.48. The van der Waals surface area contributed by atoms with Crippen molar-refractivity contribution in [1.82, 2.24) is 0 Å². The zero-order valence-electron chi connectivity index (χ0n) is 15.7. The van der Waals surface area contributed by atoms with E-state index in [-0.39, 0.29) is 14.1 Å². The molecule has 0 radical (unpaired) electrons. The van der Waals surface area contributed by atoms with Gasteiger partial charge in [-0.1, -0.05) is 23.8 Å². The lowest BCUT2D eigenvalue weighted by molar-refractivity contribution is 0.108. The first-order valence-electron chi connectivity index (χ1n) is 8.62. The SMILES string of the molecule is CCOCCOc1ccc(PC(=O)c2c(C)cc(C)cc2C)c(C)c1. The molecule has 0 aliphatic heterocycles. The number of carbonyl (C=O) groups excluding carboxylic acids is 1. The molecule has 0 aliphatic rings. The summed E-state index contributed by atoms with van der Waals surface area (Å²) in [5.74, 6) is 0.820. The van der Waals surface area contributed by atoms with E-state index in [1.807, 2.05) is 45.9 Å². The van der Waals surface area contributed by atoms with Crippen molar-refractivity contribution in [2.75, 3.05) is 19.8 Å². The fourth-order valence-electron chi connectivity index (χ4n) is 2.95. The van der Waals surface area contributed by atoms with Gasteiger partial charge in [0.05, 0.1) is 6.61 Å². The molecule has 1 unspecified atom stereocenters. The van der Waals surface area contributed by atoms with Crippen LogP contribution in [0.4, 0.5) is 0 Å². The summed E-state index contributed by atoms with van der Waals surface area (Å²) in [6.07, 6.45) is 0. The van der Waals surface area contributed by atoms with Gasteiger partial charge in [0, 0.05) is 12.2 Å².